The quantitative estimate of drug-likeness (QED) is 0.816. The van der Waals surface area contributed by atoms with Gasteiger partial charge in [-0.15, -0.1) is 0 Å². The minimum absolute atomic E-state index is 0.179. The van der Waals surface area contributed by atoms with Crippen molar-refractivity contribution in [2.45, 2.75) is 6.54 Å². The van der Waals surface area contributed by atoms with Crippen LogP contribution in [0.15, 0.2) is 36.5 Å². The van der Waals surface area contributed by atoms with Gasteiger partial charge in [0.2, 0.25) is 5.95 Å². The number of nitrogens with one attached hydrogen (secondary N) is 1. The molecule has 0 amide bonds. The Balaban J connectivity index is 2.07. The number of benzene rings is 1. The lowest BCUT2D eigenvalue weighted by Crippen LogP contribution is -2.00. The van der Waals surface area contributed by atoms with Crippen molar-refractivity contribution >= 4 is 5.69 Å². The summed E-state index contributed by atoms with van der Waals surface area (Å²) in [6, 6.07) is 7.84. The zero-order chi connectivity index (χ0) is 13.0. The third-order valence-corrected chi connectivity index (χ3v) is 2.50. The van der Waals surface area contributed by atoms with E-state index >= 15 is 0 Å². The predicted molar refractivity (Wildman–Crippen MR) is 66.2 cm³/mol. The number of rotatable bonds is 4. The standard InChI is InChI=1S/C13H13FN2O2/c1-18-11-3-4-12(17)9(6-11)7-15-10-2-5-13(14)16-8-10/h2-6,8,15,17H,7H2,1H3. The third kappa shape index (κ3) is 2.88. The van der Waals surface area contributed by atoms with E-state index in [1.807, 2.05) is 0 Å². The van der Waals surface area contributed by atoms with E-state index in [0.717, 1.165) is 0 Å². The number of anilines is 1. The van der Waals surface area contributed by atoms with Crippen LogP contribution in [0.3, 0.4) is 0 Å². The Bertz CT molecular complexity index is 529. The maximum atomic E-state index is 12.6. The van der Waals surface area contributed by atoms with Gasteiger partial charge in [0.25, 0.3) is 0 Å². The van der Waals surface area contributed by atoms with E-state index in [9.17, 15) is 9.50 Å². The van der Waals surface area contributed by atoms with Crippen LogP contribution in [0.5, 0.6) is 11.5 Å². The number of aromatic hydroxyl groups is 1. The summed E-state index contributed by atoms with van der Waals surface area (Å²) in [5.74, 6) is 0.324. The summed E-state index contributed by atoms with van der Waals surface area (Å²) in [6.07, 6.45) is 1.40. The van der Waals surface area contributed by atoms with E-state index in [1.54, 1.807) is 31.4 Å². The molecule has 2 rings (SSSR count). The molecule has 18 heavy (non-hydrogen) atoms. The maximum absolute atomic E-state index is 12.6. The van der Waals surface area contributed by atoms with Gasteiger partial charge >= 0.3 is 0 Å². The number of nitrogens with zero attached hydrogens (tertiary/aromatic N) is 1. The number of methoxy groups -OCH3 is 1. The van der Waals surface area contributed by atoms with Crippen molar-refractivity contribution in [3.63, 3.8) is 0 Å². The lowest BCUT2D eigenvalue weighted by molar-refractivity contribution is 0.411. The predicted octanol–water partition coefficient (Wildman–Crippen LogP) is 2.55. The third-order valence-electron chi connectivity index (χ3n) is 2.50. The van der Waals surface area contributed by atoms with Gasteiger partial charge in [0.05, 0.1) is 19.0 Å². The first-order chi connectivity index (χ1) is 8.69. The van der Waals surface area contributed by atoms with Crippen LogP contribution in [0.1, 0.15) is 5.56 Å². The van der Waals surface area contributed by atoms with Crippen molar-refractivity contribution in [2.24, 2.45) is 0 Å². The molecule has 1 aromatic carbocycles. The molecule has 0 aliphatic carbocycles. The summed E-state index contributed by atoms with van der Waals surface area (Å²) in [5.41, 5.74) is 1.37. The first kappa shape index (κ1) is 12.2. The molecule has 0 saturated heterocycles. The van der Waals surface area contributed by atoms with Crippen LogP contribution < -0.4 is 10.1 Å². The summed E-state index contributed by atoms with van der Waals surface area (Å²) in [4.78, 5) is 3.53. The Kier molecular flexibility index (Phi) is 3.62. The summed E-state index contributed by atoms with van der Waals surface area (Å²) in [6.45, 7) is 0.399. The van der Waals surface area contributed by atoms with Crippen LogP contribution in [-0.2, 0) is 6.54 Å². The first-order valence-electron chi connectivity index (χ1n) is 5.40. The maximum Gasteiger partial charge on any atom is 0.212 e. The fourth-order valence-electron chi connectivity index (χ4n) is 1.51. The van der Waals surface area contributed by atoms with E-state index in [-0.39, 0.29) is 5.75 Å². The molecule has 0 spiro atoms. The van der Waals surface area contributed by atoms with Crippen LogP contribution in [0, 0.1) is 5.95 Å². The van der Waals surface area contributed by atoms with Crippen molar-refractivity contribution in [1.29, 1.82) is 0 Å². The molecule has 1 aromatic heterocycles. The molecule has 2 N–H and O–H groups in total. The van der Waals surface area contributed by atoms with E-state index < -0.39 is 5.95 Å². The van der Waals surface area contributed by atoms with Gasteiger partial charge in [-0.25, -0.2) is 4.98 Å². The van der Waals surface area contributed by atoms with E-state index in [4.69, 9.17) is 4.74 Å². The molecule has 5 heteroatoms. The average Bonchev–Trinajstić information content (AvgIpc) is 2.40. The Labute approximate surface area is 104 Å². The summed E-state index contributed by atoms with van der Waals surface area (Å²) in [5, 5.41) is 12.7. The molecule has 0 fully saturated rings. The van der Waals surface area contributed by atoms with E-state index in [1.165, 1.54) is 12.3 Å². The highest BCUT2D eigenvalue weighted by Gasteiger charge is 2.03. The van der Waals surface area contributed by atoms with Gasteiger partial charge in [-0.3, -0.25) is 0 Å². The van der Waals surface area contributed by atoms with Gasteiger partial charge in [0.15, 0.2) is 0 Å². The van der Waals surface area contributed by atoms with Gasteiger partial charge in [-0.1, -0.05) is 0 Å². The molecule has 4 nitrogen and oxygen atoms in total. The SMILES string of the molecule is COc1ccc(O)c(CNc2ccc(F)nc2)c1. The Morgan fingerprint density at radius 3 is 2.83 bits per heavy atom. The molecule has 94 valence electrons. The number of pyridine rings is 1. The normalized spacial score (nSPS) is 10.1. The fourth-order valence-corrected chi connectivity index (χ4v) is 1.51. The van der Waals surface area contributed by atoms with E-state index in [0.29, 0.717) is 23.5 Å². The van der Waals surface area contributed by atoms with Crippen molar-refractivity contribution in [1.82, 2.24) is 4.98 Å². The molecule has 0 bridgehead atoms. The lowest BCUT2D eigenvalue weighted by Gasteiger charge is -2.09. The lowest BCUT2D eigenvalue weighted by atomic mass is 10.2. The van der Waals surface area contributed by atoms with Crippen LogP contribution in [0.4, 0.5) is 10.1 Å². The molecule has 0 aliphatic heterocycles. The van der Waals surface area contributed by atoms with Crippen molar-refractivity contribution in [3.05, 3.63) is 48.0 Å². The highest BCUT2D eigenvalue weighted by atomic mass is 19.1. The zero-order valence-electron chi connectivity index (χ0n) is 9.85. The second-order valence-corrected chi connectivity index (χ2v) is 3.72. The summed E-state index contributed by atoms with van der Waals surface area (Å²) >= 11 is 0. The Morgan fingerprint density at radius 1 is 1.33 bits per heavy atom. The largest absolute Gasteiger partial charge is 0.508 e. The van der Waals surface area contributed by atoms with Crippen LogP contribution in [-0.4, -0.2) is 17.2 Å². The van der Waals surface area contributed by atoms with Gasteiger partial charge < -0.3 is 15.2 Å². The van der Waals surface area contributed by atoms with Crippen LogP contribution >= 0.6 is 0 Å². The van der Waals surface area contributed by atoms with Gasteiger partial charge in [0.1, 0.15) is 11.5 Å². The minimum atomic E-state index is -0.523. The smallest absolute Gasteiger partial charge is 0.212 e. The van der Waals surface area contributed by atoms with Crippen LogP contribution in [0.2, 0.25) is 0 Å². The number of aromatic nitrogens is 1. The average molecular weight is 248 g/mol. The van der Waals surface area contributed by atoms with Gasteiger partial charge in [0, 0.05) is 12.1 Å². The molecular formula is C13H13FN2O2. The first-order valence-corrected chi connectivity index (χ1v) is 5.40. The minimum Gasteiger partial charge on any atom is -0.508 e. The molecule has 1 heterocycles. The highest BCUT2D eigenvalue weighted by molar-refractivity contribution is 5.45. The fraction of sp³-hybridized carbons (Fsp3) is 0.154. The number of ether oxygens (including phenoxy) is 1. The molecular weight excluding hydrogens is 235 g/mol. The highest BCUT2D eigenvalue weighted by Crippen LogP contribution is 2.23. The number of hydrogen-bond donors (Lipinski definition) is 2. The molecule has 2 aromatic rings. The monoisotopic (exact) mass is 248 g/mol. The van der Waals surface area contributed by atoms with Gasteiger partial charge in [-0.05, 0) is 30.3 Å². The molecule has 0 saturated carbocycles. The summed E-state index contributed by atoms with van der Waals surface area (Å²) in [7, 11) is 1.56. The second kappa shape index (κ2) is 5.35. The Morgan fingerprint density at radius 2 is 2.17 bits per heavy atom. The number of hydrogen-bond acceptors (Lipinski definition) is 4. The topological polar surface area (TPSA) is 54.4 Å². The van der Waals surface area contributed by atoms with Crippen molar-refractivity contribution in [3.8, 4) is 11.5 Å². The number of phenols is 1. The molecule has 0 unspecified atom stereocenters. The van der Waals surface area contributed by atoms with Gasteiger partial charge in [-0.2, -0.15) is 4.39 Å². The van der Waals surface area contributed by atoms with E-state index in [2.05, 4.69) is 10.3 Å². The van der Waals surface area contributed by atoms with Crippen LogP contribution in [0.25, 0.3) is 0 Å². The number of halogens is 1. The Hall–Kier alpha value is -2.30. The zero-order valence-corrected chi connectivity index (χ0v) is 9.85. The molecule has 0 radical (unpaired) electrons. The van der Waals surface area contributed by atoms with Crippen molar-refractivity contribution < 1.29 is 14.2 Å². The number of phenolic OH excluding ortho intramolecular Hbond substituents is 1. The summed E-state index contributed by atoms with van der Waals surface area (Å²) < 4.78 is 17.7. The molecule has 0 aliphatic rings. The van der Waals surface area contributed by atoms with Crippen molar-refractivity contribution in [2.75, 3.05) is 12.4 Å². The second-order valence-electron chi connectivity index (χ2n) is 3.72. The molecule has 0 atom stereocenters.